The van der Waals surface area contributed by atoms with Crippen LogP contribution in [0.2, 0.25) is 0 Å². The summed E-state index contributed by atoms with van der Waals surface area (Å²) in [5.41, 5.74) is 4.41. The highest BCUT2D eigenvalue weighted by Crippen LogP contribution is 2.31. The zero-order chi connectivity index (χ0) is 15.3. The highest BCUT2D eigenvalue weighted by atomic mass is 79.9. The van der Waals surface area contributed by atoms with Crippen molar-refractivity contribution in [2.75, 3.05) is 7.11 Å². The number of halogens is 1. The molecule has 1 aromatic carbocycles. The molecular formula is C16H27BrN2O. The van der Waals surface area contributed by atoms with Gasteiger partial charge in [0.2, 0.25) is 0 Å². The minimum absolute atomic E-state index is 0.243. The van der Waals surface area contributed by atoms with Gasteiger partial charge in [0.25, 0.3) is 0 Å². The lowest BCUT2D eigenvalue weighted by Gasteiger charge is -2.30. The summed E-state index contributed by atoms with van der Waals surface area (Å²) < 4.78 is 6.49. The SMILES string of the molecule is COc1ccc(Br)cc1CC(CC(C)C(C)(C)C)NN. The fraction of sp³-hybridized carbons (Fsp3) is 0.625. The molecule has 0 fully saturated rings. The van der Waals surface area contributed by atoms with E-state index in [1.807, 2.05) is 12.1 Å². The monoisotopic (exact) mass is 342 g/mol. The van der Waals surface area contributed by atoms with Gasteiger partial charge in [0.05, 0.1) is 7.11 Å². The molecule has 114 valence electrons. The minimum Gasteiger partial charge on any atom is -0.496 e. The largest absolute Gasteiger partial charge is 0.496 e. The third-order valence-electron chi connectivity index (χ3n) is 4.06. The fourth-order valence-electron chi connectivity index (χ4n) is 2.16. The Morgan fingerprint density at radius 1 is 1.35 bits per heavy atom. The third kappa shape index (κ3) is 5.08. The summed E-state index contributed by atoms with van der Waals surface area (Å²) in [6, 6.07) is 6.32. The number of hydrogen-bond acceptors (Lipinski definition) is 3. The number of nitrogens with two attached hydrogens (primary N) is 1. The number of nitrogens with one attached hydrogen (secondary N) is 1. The first kappa shape index (κ1) is 17.5. The molecule has 0 amide bonds. The molecule has 0 bridgehead atoms. The molecule has 0 aliphatic rings. The molecule has 0 aliphatic carbocycles. The van der Waals surface area contributed by atoms with Crippen LogP contribution in [0.3, 0.4) is 0 Å². The highest BCUT2D eigenvalue weighted by Gasteiger charge is 2.24. The van der Waals surface area contributed by atoms with Crippen molar-refractivity contribution in [1.29, 1.82) is 0 Å². The van der Waals surface area contributed by atoms with Crippen LogP contribution < -0.4 is 16.0 Å². The van der Waals surface area contributed by atoms with E-state index in [1.165, 1.54) is 5.56 Å². The zero-order valence-electron chi connectivity index (χ0n) is 13.2. The van der Waals surface area contributed by atoms with Gasteiger partial charge in [0.15, 0.2) is 0 Å². The van der Waals surface area contributed by atoms with Gasteiger partial charge in [0.1, 0.15) is 5.75 Å². The number of benzene rings is 1. The van der Waals surface area contributed by atoms with Crippen molar-refractivity contribution in [1.82, 2.24) is 5.43 Å². The van der Waals surface area contributed by atoms with Crippen molar-refractivity contribution in [3.63, 3.8) is 0 Å². The standard InChI is InChI=1S/C16H27BrN2O/c1-11(16(2,3)4)8-14(19-18)10-12-9-13(17)6-7-15(12)20-5/h6-7,9,11,14,19H,8,10,18H2,1-5H3. The van der Waals surface area contributed by atoms with E-state index in [9.17, 15) is 0 Å². The molecule has 0 saturated carbocycles. The maximum Gasteiger partial charge on any atom is 0.122 e. The first-order chi connectivity index (χ1) is 9.27. The molecule has 0 saturated heterocycles. The third-order valence-corrected chi connectivity index (χ3v) is 4.55. The van der Waals surface area contributed by atoms with Gasteiger partial charge in [-0.3, -0.25) is 11.3 Å². The molecular weight excluding hydrogens is 316 g/mol. The number of hydrazine groups is 1. The van der Waals surface area contributed by atoms with Crippen LogP contribution in [0.5, 0.6) is 5.75 Å². The van der Waals surface area contributed by atoms with Crippen molar-refractivity contribution < 1.29 is 4.74 Å². The summed E-state index contributed by atoms with van der Waals surface area (Å²) >= 11 is 3.51. The van der Waals surface area contributed by atoms with Gasteiger partial charge in [-0.1, -0.05) is 43.6 Å². The molecule has 0 radical (unpaired) electrons. The van der Waals surface area contributed by atoms with Crippen LogP contribution in [-0.2, 0) is 6.42 Å². The van der Waals surface area contributed by atoms with E-state index in [0.717, 1.165) is 23.1 Å². The Balaban J connectivity index is 2.81. The van der Waals surface area contributed by atoms with Gasteiger partial charge in [-0.25, -0.2) is 0 Å². The second kappa shape index (κ2) is 7.43. The highest BCUT2D eigenvalue weighted by molar-refractivity contribution is 9.10. The van der Waals surface area contributed by atoms with Crippen molar-refractivity contribution in [3.05, 3.63) is 28.2 Å². The lowest BCUT2D eigenvalue weighted by atomic mass is 9.78. The topological polar surface area (TPSA) is 47.3 Å². The molecule has 0 spiro atoms. The quantitative estimate of drug-likeness (QED) is 0.608. The summed E-state index contributed by atoms with van der Waals surface area (Å²) in [7, 11) is 1.70. The molecule has 20 heavy (non-hydrogen) atoms. The van der Waals surface area contributed by atoms with Crippen LogP contribution in [0.1, 0.15) is 39.7 Å². The smallest absolute Gasteiger partial charge is 0.122 e. The fourth-order valence-corrected chi connectivity index (χ4v) is 2.57. The van der Waals surface area contributed by atoms with E-state index in [0.29, 0.717) is 5.92 Å². The van der Waals surface area contributed by atoms with Crippen LogP contribution in [0.15, 0.2) is 22.7 Å². The maximum atomic E-state index is 5.74. The van der Waals surface area contributed by atoms with E-state index < -0.39 is 0 Å². The van der Waals surface area contributed by atoms with Crippen LogP contribution in [-0.4, -0.2) is 13.2 Å². The number of hydrogen-bond donors (Lipinski definition) is 2. The first-order valence-corrected chi connectivity index (χ1v) is 7.85. The van der Waals surface area contributed by atoms with Crippen molar-refractivity contribution in [2.24, 2.45) is 17.2 Å². The van der Waals surface area contributed by atoms with Crippen molar-refractivity contribution in [3.8, 4) is 5.75 Å². The lowest BCUT2D eigenvalue weighted by Crippen LogP contribution is -2.39. The Morgan fingerprint density at radius 2 is 2.00 bits per heavy atom. The van der Waals surface area contributed by atoms with Crippen LogP contribution in [0.25, 0.3) is 0 Å². The molecule has 2 unspecified atom stereocenters. The zero-order valence-corrected chi connectivity index (χ0v) is 14.8. The van der Waals surface area contributed by atoms with E-state index in [-0.39, 0.29) is 11.5 Å². The molecule has 0 aromatic heterocycles. The van der Waals surface area contributed by atoms with Crippen LogP contribution in [0, 0.1) is 11.3 Å². The van der Waals surface area contributed by atoms with Crippen molar-refractivity contribution >= 4 is 15.9 Å². The number of ether oxygens (including phenoxy) is 1. The first-order valence-electron chi connectivity index (χ1n) is 7.06. The normalized spacial score (nSPS) is 14.9. The molecule has 4 heteroatoms. The lowest BCUT2D eigenvalue weighted by molar-refractivity contribution is 0.222. The Hall–Kier alpha value is -0.580. The number of methoxy groups -OCH3 is 1. The number of rotatable bonds is 6. The van der Waals surface area contributed by atoms with E-state index in [1.54, 1.807) is 7.11 Å². The van der Waals surface area contributed by atoms with Crippen molar-refractivity contribution in [2.45, 2.75) is 46.6 Å². The Kier molecular flexibility index (Phi) is 6.49. The molecule has 0 heterocycles. The predicted molar refractivity (Wildman–Crippen MR) is 88.7 cm³/mol. The molecule has 0 aliphatic heterocycles. The summed E-state index contributed by atoms with van der Waals surface area (Å²) in [6.07, 6.45) is 1.90. The van der Waals surface area contributed by atoms with Crippen LogP contribution >= 0.6 is 15.9 Å². The Bertz CT molecular complexity index is 429. The average molecular weight is 343 g/mol. The molecule has 1 aromatic rings. The van der Waals surface area contributed by atoms with Gasteiger partial charge >= 0.3 is 0 Å². The summed E-state index contributed by atoms with van der Waals surface area (Å²) in [5.74, 6) is 7.24. The Morgan fingerprint density at radius 3 is 2.50 bits per heavy atom. The van der Waals surface area contributed by atoms with Gasteiger partial charge in [-0.15, -0.1) is 0 Å². The predicted octanol–water partition coefficient (Wildman–Crippen LogP) is 3.90. The second-order valence-corrected chi connectivity index (χ2v) is 7.44. The average Bonchev–Trinajstić information content (AvgIpc) is 2.37. The second-order valence-electron chi connectivity index (χ2n) is 6.53. The van der Waals surface area contributed by atoms with Crippen LogP contribution in [0.4, 0.5) is 0 Å². The summed E-state index contributed by atoms with van der Waals surface area (Å²) in [6.45, 7) is 9.09. The van der Waals surface area contributed by atoms with Gasteiger partial charge in [-0.2, -0.15) is 0 Å². The molecule has 3 nitrogen and oxygen atoms in total. The van der Waals surface area contributed by atoms with Gasteiger partial charge in [-0.05, 0) is 47.9 Å². The molecule has 2 atom stereocenters. The van der Waals surface area contributed by atoms with E-state index in [4.69, 9.17) is 10.6 Å². The minimum atomic E-state index is 0.243. The summed E-state index contributed by atoms with van der Waals surface area (Å²) in [4.78, 5) is 0. The maximum absolute atomic E-state index is 5.74. The van der Waals surface area contributed by atoms with Gasteiger partial charge < -0.3 is 4.74 Å². The van der Waals surface area contributed by atoms with E-state index >= 15 is 0 Å². The van der Waals surface area contributed by atoms with Gasteiger partial charge in [0, 0.05) is 10.5 Å². The Labute approximate surface area is 131 Å². The molecule has 3 N–H and O–H groups in total. The van der Waals surface area contributed by atoms with E-state index in [2.05, 4.69) is 55.1 Å². The summed E-state index contributed by atoms with van der Waals surface area (Å²) in [5, 5.41) is 0. The molecule has 1 rings (SSSR count).